The van der Waals surface area contributed by atoms with Crippen LogP contribution in [0.25, 0.3) is 0 Å². The lowest BCUT2D eigenvalue weighted by Crippen LogP contribution is -2.20. The fourth-order valence-corrected chi connectivity index (χ4v) is 1.61. The summed E-state index contributed by atoms with van der Waals surface area (Å²) in [7, 11) is 0. The Labute approximate surface area is 113 Å². The van der Waals surface area contributed by atoms with E-state index in [2.05, 4.69) is 5.32 Å². The lowest BCUT2D eigenvalue weighted by Gasteiger charge is -2.07. The van der Waals surface area contributed by atoms with Gasteiger partial charge in [-0.25, -0.2) is 0 Å². The summed E-state index contributed by atoms with van der Waals surface area (Å²) in [4.78, 5) is 0. The van der Waals surface area contributed by atoms with E-state index in [4.69, 9.17) is 13.9 Å². The van der Waals surface area contributed by atoms with E-state index in [1.807, 2.05) is 42.5 Å². The number of hydrogen-bond acceptors (Lipinski definition) is 4. The van der Waals surface area contributed by atoms with E-state index in [0.717, 1.165) is 24.6 Å². The van der Waals surface area contributed by atoms with Crippen molar-refractivity contribution >= 4 is 0 Å². The summed E-state index contributed by atoms with van der Waals surface area (Å²) < 4.78 is 16.2. The van der Waals surface area contributed by atoms with Gasteiger partial charge in [-0.3, -0.25) is 0 Å². The molecule has 0 aliphatic carbocycles. The number of para-hydroxylation sites is 1. The van der Waals surface area contributed by atoms with Crippen LogP contribution in [0.3, 0.4) is 0 Å². The number of furan rings is 1. The van der Waals surface area contributed by atoms with Gasteiger partial charge >= 0.3 is 0 Å². The van der Waals surface area contributed by atoms with Crippen LogP contribution in [0.2, 0.25) is 0 Å². The van der Waals surface area contributed by atoms with Crippen molar-refractivity contribution in [2.75, 3.05) is 26.4 Å². The second-order valence-electron chi connectivity index (χ2n) is 4.03. The van der Waals surface area contributed by atoms with Crippen molar-refractivity contribution in [2.45, 2.75) is 6.54 Å². The molecule has 2 rings (SSSR count). The third kappa shape index (κ3) is 5.59. The Morgan fingerprint density at radius 3 is 2.63 bits per heavy atom. The summed E-state index contributed by atoms with van der Waals surface area (Å²) in [5.74, 6) is 1.81. The predicted octanol–water partition coefficient (Wildman–Crippen LogP) is 2.46. The molecule has 0 atom stereocenters. The van der Waals surface area contributed by atoms with Gasteiger partial charge in [0.2, 0.25) is 0 Å². The summed E-state index contributed by atoms with van der Waals surface area (Å²) >= 11 is 0. The molecule has 102 valence electrons. The molecule has 0 radical (unpaired) electrons. The van der Waals surface area contributed by atoms with E-state index in [1.54, 1.807) is 6.26 Å². The predicted molar refractivity (Wildman–Crippen MR) is 73.2 cm³/mol. The van der Waals surface area contributed by atoms with Crippen LogP contribution >= 0.6 is 0 Å². The van der Waals surface area contributed by atoms with Gasteiger partial charge in [0.25, 0.3) is 0 Å². The molecule has 0 aliphatic rings. The number of rotatable bonds is 9. The topological polar surface area (TPSA) is 43.6 Å². The molecule has 1 N–H and O–H groups in total. The number of benzene rings is 1. The van der Waals surface area contributed by atoms with Gasteiger partial charge in [-0.05, 0) is 24.3 Å². The minimum Gasteiger partial charge on any atom is -0.491 e. The summed E-state index contributed by atoms with van der Waals surface area (Å²) in [6.45, 7) is 3.36. The van der Waals surface area contributed by atoms with Crippen molar-refractivity contribution in [1.82, 2.24) is 5.32 Å². The van der Waals surface area contributed by atoms with E-state index < -0.39 is 0 Å². The maximum atomic E-state index is 5.51. The van der Waals surface area contributed by atoms with Crippen LogP contribution in [-0.2, 0) is 11.3 Å². The van der Waals surface area contributed by atoms with E-state index in [1.165, 1.54) is 0 Å². The minimum atomic E-state index is 0.572. The van der Waals surface area contributed by atoms with Gasteiger partial charge in [0, 0.05) is 6.54 Å². The summed E-state index contributed by atoms with van der Waals surface area (Å²) in [5.41, 5.74) is 0. The first-order valence-corrected chi connectivity index (χ1v) is 6.44. The van der Waals surface area contributed by atoms with Crippen molar-refractivity contribution in [3.05, 3.63) is 54.5 Å². The maximum Gasteiger partial charge on any atom is 0.119 e. The Kier molecular flexibility index (Phi) is 5.99. The SMILES string of the molecule is c1ccc(OCCOCCNCc2ccco2)cc1. The first kappa shape index (κ1) is 13.6. The Hall–Kier alpha value is -1.78. The highest BCUT2D eigenvalue weighted by Crippen LogP contribution is 2.07. The van der Waals surface area contributed by atoms with Gasteiger partial charge in [-0.15, -0.1) is 0 Å². The average Bonchev–Trinajstić information content (AvgIpc) is 2.96. The fourth-order valence-electron chi connectivity index (χ4n) is 1.61. The van der Waals surface area contributed by atoms with Crippen LogP contribution < -0.4 is 10.1 Å². The standard InChI is InChI=1S/C15H19NO3/c1-2-5-14(6-3-1)19-12-11-17-10-8-16-13-15-7-4-9-18-15/h1-7,9,16H,8,10-13H2. The third-order valence-electron chi connectivity index (χ3n) is 2.54. The Bertz CT molecular complexity index is 428. The molecule has 4 heteroatoms. The van der Waals surface area contributed by atoms with E-state index in [0.29, 0.717) is 19.8 Å². The Balaban J connectivity index is 1.42. The largest absolute Gasteiger partial charge is 0.491 e. The molecule has 1 aromatic heterocycles. The van der Waals surface area contributed by atoms with Crippen LogP contribution in [0.1, 0.15) is 5.76 Å². The molecule has 0 spiro atoms. The molecule has 19 heavy (non-hydrogen) atoms. The number of nitrogens with one attached hydrogen (secondary N) is 1. The molecule has 4 nitrogen and oxygen atoms in total. The zero-order valence-corrected chi connectivity index (χ0v) is 10.9. The van der Waals surface area contributed by atoms with E-state index >= 15 is 0 Å². The van der Waals surface area contributed by atoms with Crippen LogP contribution in [0.15, 0.2) is 53.1 Å². The van der Waals surface area contributed by atoms with Crippen molar-refractivity contribution in [1.29, 1.82) is 0 Å². The van der Waals surface area contributed by atoms with Crippen LogP contribution in [0, 0.1) is 0 Å². The lowest BCUT2D eigenvalue weighted by molar-refractivity contribution is 0.101. The minimum absolute atomic E-state index is 0.572. The van der Waals surface area contributed by atoms with Crippen LogP contribution in [0.4, 0.5) is 0 Å². The molecule has 0 saturated carbocycles. The molecule has 1 heterocycles. The Morgan fingerprint density at radius 2 is 1.84 bits per heavy atom. The van der Waals surface area contributed by atoms with Crippen molar-refractivity contribution in [3.63, 3.8) is 0 Å². The molecule has 0 bridgehead atoms. The first-order chi connectivity index (χ1) is 9.45. The number of hydrogen-bond donors (Lipinski definition) is 1. The van der Waals surface area contributed by atoms with Crippen molar-refractivity contribution in [3.8, 4) is 5.75 Å². The highest BCUT2D eigenvalue weighted by Gasteiger charge is 1.95. The highest BCUT2D eigenvalue weighted by molar-refractivity contribution is 5.20. The second kappa shape index (κ2) is 8.34. The summed E-state index contributed by atoms with van der Waals surface area (Å²) in [5, 5.41) is 3.24. The van der Waals surface area contributed by atoms with Gasteiger partial charge in [-0.1, -0.05) is 18.2 Å². The van der Waals surface area contributed by atoms with Gasteiger partial charge in [0.05, 0.1) is 26.0 Å². The molecular formula is C15H19NO3. The van der Waals surface area contributed by atoms with E-state index in [9.17, 15) is 0 Å². The highest BCUT2D eigenvalue weighted by atomic mass is 16.5. The molecule has 0 aliphatic heterocycles. The van der Waals surface area contributed by atoms with Crippen molar-refractivity contribution in [2.24, 2.45) is 0 Å². The smallest absolute Gasteiger partial charge is 0.119 e. The molecule has 0 fully saturated rings. The van der Waals surface area contributed by atoms with Gasteiger partial charge in [0.1, 0.15) is 18.1 Å². The normalized spacial score (nSPS) is 10.5. The zero-order valence-electron chi connectivity index (χ0n) is 10.9. The van der Waals surface area contributed by atoms with Crippen LogP contribution in [-0.4, -0.2) is 26.4 Å². The zero-order chi connectivity index (χ0) is 13.2. The van der Waals surface area contributed by atoms with Gasteiger partial charge < -0.3 is 19.2 Å². The maximum absolute atomic E-state index is 5.51. The lowest BCUT2D eigenvalue weighted by atomic mass is 10.3. The molecule has 2 aromatic rings. The first-order valence-electron chi connectivity index (χ1n) is 6.44. The fraction of sp³-hybridized carbons (Fsp3) is 0.333. The third-order valence-corrected chi connectivity index (χ3v) is 2.54. The van der Waals surface area contributed by atoms with Gasteiger partial charge in [0.15, 0.2) is 0 Å². The monoisotopic (exact) mass is 261 g/mol. The summed E-state index contributed by atoms with van der Waals surface area (Å²) in [6.07, 6.45) is 1.68. The van der Waals surface area contributed by atoms with Crippen LogP contribution in [0.5, 0.6) is 5.75 Å². The summed E-state index contributed by atoms with van der Waals surface area (Å²) in [6, 6.07) is 13.6. The van der Waals surface area contributed by atoms with Crippen molar-refractivity contribution < 1.29 is 13.9 Å². The van der Waals surface area contributed by atoms with Gasteiger partial charge in [-0.2, -0.15) is 0 Å². The number of ether oxygens (including phenoxy) is 2. The van der Waals surface area contributed by atoms with E-state index in [-0.39, 0.29) is 0 Å². The Morgan fingerprint density at radius 1 is 0.947 bits per heavy atom. The quantitative estimate of drug-likeness (QED) is 0.704. The molecule has 1 aromatic carbocycles. The molecule has 0 unspecified atom stereocenters. The molecule has 0 amide bonds. The molecular weight excluding hydrogens is 242 g/mol. The average molecular weight is 261 g/mol. The second-order valence-corrected chi connectivity index (χ2v) is 4.03. The molecule has 0 saturated heterocycles.